The van der Waals surface area contributed by atoms with Crippen molar-refractivity contribution in [2.75, 3.05) is 20.8 Å². The van der Waals surface area contributed by atoms with Crippen LogP contribution in [0.4, 0.5) is 0 Å². The molecular weight excluding hydrogens is 276 g/mol. The Balaban J connectivity index is 2.20. The Kier molecular flexibility index (Phi) is 4.70. The van der Waals surface area contributed by atoms with Gasteiger partial charge in [-0.3, -0.25) is 4.79 Å². The van der Waals surface area contributed by atoms with Crippen LogP contribution in [0.3, 0.4) is 0 Å². The highest BCUT2D eigenvalue weighted by molar-refractivity contribution is 7.07. The summed E-state index contributed by atoms with van der Waals surface area (Å²) in [7, 11) is 3.25. The fourth-order valence-electron chi connectivity index (χ4n) is 1.92. The Hall–Kier alpha value is -1.92. The maximum absolute atomic E-state index is 12.2. The van der Waals surface area contributed by atoms with Gasteiger partial charge in [0.1, 0.15) is 11.4 Å². The smallest absolute Gasteiger partial charge is 0.273 e. The molecule has 0 aliphatic rings. The molecule has 5 nitrogen and oxygen atoms in total. The number of nitrogens with zero attached hydrogens (tertiary/aromatic N) is 2. The first-order valence-corrected chi connectivity index (χ1v) is 7.01. The van der Waals surface area contributed by atoms with Gasteiger partial charge >= 0.3 is 0 Å². The van der Waals surface area contributed by atoms with Crippen LogP contribution in [0.5, 0.6) is 5.75 Å². The number of benzene rings is 1. The predicted molar refractivity (Wildman–Crippen MR) is 77.0 cm³/mol. The van der Waals surface area contributed by atoms with Crippen LogP contribution >= 0.6 is 11.3 Å². The van der Waals surface area contributed by atoms with Crippen LogP contribution in [-0.4, -0.2) is 41.7 Å². The molecule has 0 aliphatic carbocycles. The number of carbonyl (C=O) groups is 1. The van der Waals surface area contributed by atoms with Gasteiger partial charge in [-0.2, -0.15) is 0 Å². The van der Waals surface area contributed by atoms with E-state index in [9.17, 15) is 9.90 Å². The quantitative estimate of drug-likeness (QED) is 0.915. The molecule has 0 saturated heterocycles. The number of likely N-dealkylation sites (N-methyl/N-ethyl adjacent to an activating group) is 1. The average Bonchev–Trinajstić information content (AvgIpc) is 3.02. The van der Waals surface area contributed by atoms with Gasteiger partial charge in [0.05, 0.1) is 25.3 Å². The molecule has 1 atom stereocenters. The summed E-state index contributed by atoms with van der Waals surface area (Å²) in [6.07, 6.45) is 0. The van der Waals surface area contributed by atoms with Crippen LogP contribution in [-0.2, 0) is 0 Å². The molecule has 1 amide bonds. The summed E-state index contributed by atoms with van der Waals surface area (Å²) < 4.78 is 5.10. The third kappa shape index (κ3) is 2.97. The van der Waals surface area contributed by atoms with E-state index in [-0.39, 0.29) is 12.5 Å². The third-order valence-corrected chi connectivity index (χ3v) is 3.70. The Bertz CT molecular complexity index is 554. The lowest BCUT2D eigenvalue weighted by Gasteiger charge is -2.26. The lowest BCUT2D eigenvalue weighted by atomic mass is 10.1. The molecule has 0 spiro atoms. The molecule has 2 aromatic rings. The largest absolute Gasteiger partial charge is 0.497 e. The van der Waals surface area contributed by atoms with Crippen molar-refractivity contribution in [1.82, 2.24) is 9.88 Å². The lowest BCUT2D eigenvalue weighted by molar-refractivity contribution is 0.0653. The van der Waals surface area contributed by atoms with Gasteiger partial charge in [0.2, 0.25) is 0 Å². The second-order valence-electron chi connectivity index (χ2n) is 4.26. The minimum atomic E-state index is -0.407. The molecule has 6 heteroatoms. The summed E-state index contributed by atoms with van der Waals surface area (Å²) in [5.41, 5.74) is 2.85. The number of aliphatic hydroxyl groups is 1. The number of amides is 1. The third-order valence-electron chi connectivity index (χ3n) is 3.11. The molecule has 0 aliphatic heterocycles. The molecule has 106 valence electrons. The van der Waals surface area contributed by atoms with Gasteiger partial charge in [0, 0.05) is 12.4 Å². The molecular formula is C14H16N2O3S. The first-order valence-electron chi connectivity index (χ1n) is 6.07. The maximum Gasteiger partial charge on any atom is 0.273 e. The van der Waals surface area contributed by atoms with Gasteiger partial charge < -0.3 is 14.7 Å². The van der Waals surface area contributed by atoms with E-state index in [2.05, 4.69) is 4.98 Å². The number of carbonyl (C=O) groups excluding carboxylic acids is 1. The van der Waals surface area contributed by atoms with Gasteiger partial charge in [-0.15, -0.1) is 11.3 Å². The van der Waals surface area contributed by atoms with Crippen LogP contribution in [0.15, 0.2) is 35.2 Å². The Labute approximate surface area is 121 Å². The van der Waals surface area contributed by atoms with Crippen molar-refractivity contribution in [1.29, 1.82) is 0 Å². The zero-order valence-corrected chi connectivity index (χ0v) is 12.1. The van der Waals surface area contributed by atoms with Crippen molar-refractivity contribution in [3.8, 4) is 5.75 Å². The predicted octanol–water partition coefficient (Wildman–Crippen LogP) is 1.96. The molecule has 1 heterocycles. The number of hydrogen-bond donors (Lipinski definition) is 1. The fraction of sp³-hybridized carbons (Fsp3) is 0.286. The van der Waals surface area contributed by atoms with E-state index in [1.807, 2.05) is 12.1 Å². The minimum absolute atomic E-state index is 0.154. The normalized spacial score (nSPS) is 11.9. The van der Waals surface area contributed by atoms with Crippen molar-refractivity contribution in [3.05, 3.63) is 46.4 Å². The molecule has 0 bridgehead atoms. The zero-order chi connectivity index (χ0) is 14.5. The van der Waals surface area contributed by atoms with Gasteiger partial charge in [-0.05, 0) is 17.7 Å². The van der Waals surface area contributed by atoms with Gasteiger partial charge in [-0.25, -0.2) is 4.98 Å². The summed E-state index contributed by atoms with van der Waals surface area (Å²) >= 11 is 1.37. The summed E-state index contributed by atoms with van der Waals surface area (Å²) in [6, 6.07) is 6.88. The summed E-state index contributed by atoms with van der Waals surface area (Å²) in [5.74, 6) is 0.528. The zero-order valence-electron chi connectivity index (χ0n) is 11.3. The second-order valence-corrected chi connectivity index (χ2v) is 4.98. The molecule has 0 saturated carbocycles. The van der Waals surface area contributed by atoms with Gasteiger partial charge in [0.25, 0.3) is 5.91 Å². The standard InChI is InChI=1S/C14H16N2O3S/c1-16(14(18)12-8-20-9-15-12)13(7-17)10-3-5-11(19-2)6-4-10/h3-6,8-9,13,17H,7H2,1-2H3. The van der Waals surface area contributed by atoms with Crippen molar-refractivity contribution in [3.63, 3.8) is 0 Å². The maximum atomic E-state index is 12.2. The Morgan fingerprint density at radius 2 is 2.15 bits per heavy atom. The first kappa shape index (κ1) is 14.5. The summed E-state index contributed by atoms with van der Waals surface area (Å²) in [5, 5.41) is 11.3. The number of aliphatic hydroxyl groups excluding tert-OH is 1. The van der Waals surface area contributed by atoms with E-state index >= 15 is 0 Å². The molecule has 20 heavy (non-hydrogen) atoms. The molecule has 0 fully saturated rings. The Morgan fingerprint density at radius 1 is 1.45 bits per heavy atom. The van der Waals surface area contributed by atoms with Crippen molar-refractivity contribution in [2.45, 2.75) is 6.04 Å². The van der Waals surface area contributed by atoms with Crippen LogP contribution in [0.1, 0.15) is 22.1 Å². The highest BCUT2D eigenvalue weighted by Gasteiger charge is 2.23. The van der Waals surface area contributed by atoms with E-state index in [0.717, 1.165) is 11.3 Å². The SMILES string of the molecule is COc1ccc(C(CO)N(C)C(=O)c2cscn2)cc1. The van der Waals surface area contributed by atoms with Crippen LogP contribution in [0.2, 0.25) is 0 Å². The summed E-state index contributed by atoms with van der Waals surface area (Å²) in [6.45, 7) is -0.154. The summed E-state index contributed by atoms with van der Waals surface area (Å²) in [4.78, 5) is 17.7. The van der Waals surface area contributed by atoms with E-state index in [4.69, 9.17) is 4.74 Å². The van der Waals surface area contributed by atoms with E-state index in [1.54, 1.807) is 37.2 Å². The topological polar surface area (TPSA) is 62.7 Å². The minimum Gasteiger partial charge on any atom is -0.497 e. The molecule has 1 N–H and O–H groups in total. The fourth-order valence-corrected chi connectivity index (χ4v) is 2.44. The average molecular weight is 292 g/mol. The number of rotatable bonds is 5. The number of thiazole rings is 1. The lowest BCUT2D eigenvalue weighted by Crippen LogP contribution is -2.33. The van der Waals surface area contributed by atoms with E-state index in [0.29, 0.717) is 5.69 Å². The van der Waals surface area contributed by atoms with Crippen LogP contribution in [0.25, 0.3) is 0 Å². The van der Waals surface area contributed by atoms with Crippen molar-refractivity contribution in [2.24, 2.45) is 0 Å². The van der Waals surface area contributed by atoms with E-state index in [1.165, 1.54) is 16.2 Å². The van der Waals surface area contributed by atoms with Crippen LogP contribution in [0, 0.1) is 0 Å². The van der Waals surface area contributed by atoms with Crippen molar-refractivity contribution >= 4 is 17.2 Å². The Morgan fingerprint density at radius 3 is 2.65 bits per heavy atom. The molecule has 1 aromatic heterocycles. The van der Waals surface area contributed by atoms with E-state index < -0.39 is 6.04 Å². The number of ether oxygens (including phenoxy) is 1. The van der Waals surface area contributed by atoms with Gasteiger partial charge in [0.15, 0.2) is 0 Å². The van der Waals surface area contributed by atoms with Crippen molar-refractivity contribution < 1.29 is 14.6 Å². The van der Waals surface area contributed by atoms with Crippen LogP contribution < -0.4 is 4.74 Å². The molecule has 1 aromatic carbocycles. The highest BCUT2D eigenvalue weighted by Crippen LogP contribution is 2.23. The monoisotopic (exact) mass is 292 g/mol. The number of hydrogen-bond acceptors (Lipinski definition) is 5. The molecule has 1 unspecified atom stereocenters. The van der Waals surface area contributed by atoms with Gasteiger partial charge in [-0.1, -0.05) is 12.1 Å². The highest BCUT2D eigenvalue weighted by atomic mass is 32.1. The molecule has 0 radical (unpaired) electrons. The number of methoxy groups -OCH3 is 1. The first-order chi connectivity index (χ1) is 9.67. The number of aromatic nitrogens is 1. The second kappa shape index (κ2) is 6.49. The molecule has 2 rings (SSSR count).